The molecule has 1 aromatic carbocycles. The fraction of sp³-hybridized carbons (Fsp3) is 0.200. The Bertz CT molecular complexity index is 558. The Morgan fingerprint density at radius 2 is 1.70 bits per heavy atom. The molecular weight excluding hydrogens is 313 g/mol. The van der Waals surface area contributed by atoms with Crippen molar-refractivity contribution in [1.82, 2.24) is 0 Å². The van der Waals surface area contributed by atoms with Crippen molar-refractivity contribution in [1.29, 1.82) is 0 Å². The van der Waals surface area contributed by atoms with Crippen LogP contribution in [0.5, 0.6) is 0 Å². The normalized spacial score (nSPS) is 12.1. The molecule has 0 fully saturated rings. The topological polar surface area (TPSA) is 66.4 Å². The highest BCUT2D eigenvalue weighted by Crippen LogP contribution is 2.36. The highest BCUT2D eigenvalue weighted by atomic mass is 35.5. The molecule has 20 heavy (non-hydrogen) atoms. The maximum atomic E-state index is 12.7. The van der Waals surface area contributed by atoms with E-state index in [1.54, 1.807) is 0 Å². The number of nitrogens with one attached hydrogen (secondary N) is 1. The lowest BCUT2D eigenvalue weighted by Crippen LogP contribution is -2.47. The summed E-state index contributed by atoms with van der Waals surface area (Å²) in [5.41, 5.74) is -0.888. The summed E-state index contributed by atoms with van der Waals surface area (Å²) in [4.78, 5) is 21.5. The number of amides is 1. The molecule has 1 aromatic rings. The third kappa shape index (κ3) is 3.16. The van der Waals surface area contributed by atoms with Gasteiger partial charge in [-0.3, -0.25) is 4.79 Å². The maximum Gasteiger partial charge on any atom is 0.463 e. The average molecular weight is 318 g/mol. The first-order chi connectivity index (χ1) is 8.96. The largest absolute Gasteiger partial charge is 0.478 e. The number of anilines is 1. The molecule has 0 aliphatic rings. The van der Waals surface area contributed by atoms with Crippen molar-refractivity contribution in [3.05, 3.63) is 28.8 Å². The van der Waals surface area contributed by atoms with Crippen LogP contribution in [0.4, 0.5) is 27.6 Å². The molecule has 0 unspecified atom stereocenters. The zero-order valence-corrected chi connectivity index (χ0v) is 10.0. The van der Waals surface area contributed by atoms with E-state index in [-0.39, 0.29) is 5.56 Å². The van der Waals surface area contributed by atoms with Crippen LogP contribution in [0.15, 0.2) is 18.2 Å². The predicted molar refractivity (Wildman–Crippen MR) is 58.0 cm³/mol. The second kappa shape index (κ2) is 5.23. The molecule has 0 aliphatic carbocycles. The summed E-state index contributed by atoms with van der Waals surface area (Å²) in [6.07, 6.45) is -6.05. The van der Waals surface area contributed by atoms with Gasteiger partial charge in [0.15, 0.2) is 0 Å². The molecule has 0 saturated heterocycles. The molecule has 4 nitrogen and oxygen atoms in total. The van der Waals surface area contributed by atoms with Crippen molar-refractivity contribution in [3.63, 3.8) is 0 Å². The zero-order chi connectivity index (χ0) is 15.7. The maximum absolute atomic E-state index is 12.7. The Morgan fingerprint density at radius 3 is 2.10 bits per heavy atom. The second-order valence-electron chi connectivity index (χ2n) is 3.53. The van der Waals surface area contributed by atoms with Gasteiger partial charge in [0.05, 0.1) is 16.3 Å². The van der Waals surface area contributed by atoms with Crippen LogP contribution < -0.4 is 5.32 Å². The summed E-state index contributed by atoms with van der Waals surface area (Å²) in [6, 6.07) is 2.48. The van der Waals surface area contributed by atoms with Crippen molar-refractivity contribution < 1.29 is 36.6 Å². The Morgan fingerprint density at radius 1 is 1.15 bits per heavy atom. The summed E-state index contributed by atoms with van der Waals surface area (Å²) in [7, 11) is 0. The number of carbonyl (C=O) groups excluding carboxylic acids is 1. The number of alkyl halides is 5. The van der Waals surface area contributed by atoms with E-state index < -0.39 is 34.7 Å². The first-order valence-electron chi connectivity index (χ1n) is 4.75. The number of aromatic carboxylic acids is 1. The highest BCUT2D eigenvalue weighted by Gasteiger charge is 2.63. The Balaban J connectivity index is 3.00. The first-order valence-corrected chi connectivity index (χ1v) is 5.13. The monoisotopic (exact) mass is 317 g/mol. The van der Waals surface area contributed by atoms with E-state index in [1.165, 1.54) is 5.32 Å². The number of rotatable bonds is 3. The molecule has 110 valence electrons. The SMILES string of the molecule is O=C(O)c1ccc(NC(=O)C(F)(F)C(F)(F)F)c(Cl)c1. The van der Waals surface area contributed by atoms with Crippen molar-refractivity contribution >= 4 is 29.2 Å². The second-order valence-corrected chi connectivity index (χ2v) is 3.93. The van der Waals surface area contributed by atoms with E-state index in [2.05, 4.69) is 0 Å². The van der Waals surface area contributed by atoms with Gasteiger partial charge in [0.25, 0.3) is 0 Å². The van der Waals surface area contributed by atoms with E-state index in [9.17, 15) is 31.5 Å². The number of carbonyl (C=O) groups is 2. The Hall–Kier alpha value is -1.90. The summed E-state index contributed by atoms with van der Waals surface area (Å²) < 4.78 is 61.2. The highest BCUT2D eigenvalue weighted by molar-refractivity contribution is 6.34. The standard InChI is InChI=1S/C10H5ClF5NO3/c11-5-3-4(7(18)19)1-2-6(5)17-8(20)9(12,13)10(14,15)16/h1-3H,(H,17,20)(H,18,19). The zero-order valence-electron chi connectivity index (χ0n) is 9.26. The van der Waals surface area contributed by atoms with Crippen molar-refractivity contribution in [2.24, 2.45) is 0 Å². The molecule has 0 atom stereocenters. The number of hydrogen-bond acceptors (Lipinski definition) is 2. The van der Waals surface area contributed by atoms with Crippen molar-refractivity contribution in [2.75, 3.05) is 5.32 Å². The fourth-order valence-corrected chi connectivity index (χ4v) is 1.31. The number of benzene rings is 1. The van der Waals surface area contributed by atoms with E-state index in [0.29, 0.717) is 0 Å². The molecule has 0 bridgehead atoms. The van der Waals surface area contributed by atoms with Gasteiger partial charge in [-0.2, -0.15) is 22.0 Å². The van der Waals surface area contributed by atoms with Crippen LogP contribution in [-0.4, -0.2) is 29.1 Å². The predicted octanol–water partition coefficient (Wildman–Crippen LogP) is 3.17. The summed E-state index contributed by atoms with van der Waals surface area (Å²) in [5.74, 6) is -9.60. The molecule has 0 aromatic heterocycles. The van der Waals surface area contributed by atoms with Gasteiger partial charge in [-0.1, -0.05) is 11.6 Å². The van der Waals surface area contributed by atoms with E-state index in [0.717, 1.165) is 18.2 Å². The van der Waals surface area contributed by atoms with Crippen LogP contribution >= 0.6 is 11.6 Å². The minimum Gasteiger partial charge on any atom is -0.478 e. The molecule has 1 amide bonds. The first kappa shape index (κ1) is 16.2. The van der Waals surface area contributed by atoms with Crippen molar-refractivity contribution in [3.8, 4) is 0 Å². The molecule has 0 heterocycles. The molecule has 0 aliphatic heterocycles. The van der Waals surface area contributed by atoms with Crippen LogP contribution in [-0.2, 0) is 4.79 Å². The van der Waals surface area contributed by atoms with Gasteiger partial charge in [0, 0.05) is 0 Å². The minimum absolute atomic E-state index is 0.324. The molecular formula is C10H5ClF5NO3. The van der Waals surface area contributed by atoms with Gasteiger partial charge >= 0.3 is 24.0 Å². The molecule has 10 heteroatoms. The summed E-state index contributed by atoms with van der Waals surface area (Å²) >= 11 is 5.48. The minimum atomic E-state index is -6.05. The third-order valence-corrected chi connectivity index (χ3v) is 2.42. The van der Waals surface area contributed by atoms with Gasteiger partial charge in [0.2, 0.25) is 0 Å². The van der Waals surface area contributed by atoms with Gasteiger partial charge < -0.3 is 10.4 Å². The molecule has 0 saturated carbocycles. The molecule has 1 rings (SSSR count). The third-order valence-electron chi connectivity index (χ3n) is 2.11. The van der Waals surface area contributed by atoms with Crippen molar-refractivity contribution in [2.45, 2.75) is 12.1 Å². The number of halogens is 6. The lowest BCUT2D eigenvalue weighted by molar-refractivity contribution is -0.267. The molecule has 0 radical (unpaired) electrons. The lowest BCUT2D eigenvalue weighted by atomic mass is 10.2. The molecule has 0 spiro atoms. The summed E-state index contributed by atoms with van der Waals surface area (Å²) in [5, 5.41) is 9.40. The molecule has 2 N–H and O–H groups in total. The number of hydrogen-bond donors (Lipinski definition) is 2. The van der Waals surface area contributed by atoms with Crippen LogP contribution in [0.25, 0.3) is 0 Å². The van der Waals surface area contributed by atoms with E-state index in [4.69, 9.17) is 16.7 Å². The Kier molecular flexibility index (Phi) is 4.23. The van der Waals surface area contributed by atoms with Gasteiger partial charge in [-0.05, 0) is 18.2 Å². The van der Waals surface area contributed by atoms with E-state index in [1.807, 2.05) is 0 Å². The lowest BCUT2D eigenvalue weighted by Gasteiger charge is -2.19. The average Bonchev–Trinajstić information content (AvgIpc) is 2.29. The van der Waals surface area contributed by atoms with Gasteiger partial charge in [-0.15, -0.1) is 0 Å². The smallest absolute Gasteiger partial charge is 0.463 e. The number of carboxylic acid groups (broad SMARTS) is 1. The fourth-order valence-electron chi connectivity index (χ4n) is 1.08. The van der Waals surface area contributed by atoms with Crippen LogP contribution in [0.3, 0.4) is 0 Å². The van der Waals surface area contributed by atoms with Gasteiger partial charge in [0.1, 0.15) is 0 Å². The van der Waals surface area contributed by atoms with Crippen LogP contribution in [0.1, 0.15) is 10.4 Å². The van der Waals surface area contributed by atoms with Crippen LogP contribution in [0.2, 0.25) is 5.02 Å². The quantitative estimate of drug-likeness (QED) is 0.841. The Labute approximate surface area is 113 Å². The van der Waals surface area contributed by atoms with Crippen LogP contribution in [0, 0.1) is 0 Å². The number of carboxylic acids is 1. The summed E-state index contributed by atoms with van der Waals surface area (Å²) in [6.45, 7) is 0. The van der Waals surface area contributed by atoms with Gasteiger partial charge in [-0.25, -0.2) is 4.79 Å². The van der Waals surface area contributed by atoms with E-state index >= 15 is 0 Å².